The molecule has 4 heteroatoms. The lowest BCUT2D eigenvalue weighted by Crippen LogP contribution is -2.33. The van der Waals surface area contributed by atoms with Gasteiger partial charge in [-0.2, -0.15) is 0 Å². The van der Waals surface area contributed by atoms with E-state index in [1.54, 1.807) is 0 Å². The van der Waals surface area contributed by atoms with Crippen molar-refractivity contribution in [3.8, 4) is 0 Å². The summed E-state index contributed by atoms with van der Waals surface area (Å²) in [5, 5.41) is 0. The Morgan fingerprint density at radius 3 is 2.33 bits per heavy atom. The van der Waals surface area contributed by atoms with Gasteiger partial charge in [-0.1, -0.05) is 0 Å². The maximum atomic E-state index is 5.73. The van der Waals surface area contributed by atoms with Crippen LogP contribution in [0, 0.1) is 0 Å². The minimum absolute atomic E-state index is 0. The summed E-state index contributed by atoms with van der Waals surface area (Å²) in [6.45, 7) is 6.50. The van der Waals surface area contributed by atoms with E-state index in [1.165, 1.54) is 0 Å². The molecule has 0 rings (SSSR count). The minimum Gasteiger partial charge on any atom is -0.394 e. The molecule has 0 aromatic rings. The SMILES string of the molecule is CCN=C=C(N)CC(C)(C)N.Cl. The number of halogens is 1. The predicted molar refractivity (Wildman–Crippen MR) is 55.8 cm³/mol. The van der Waals surface area contributed by atoms with E-state index in [0.717, 1.165) is 0 Å². The summed E-state index contributed by atoms with van der Waals surface area (Å²) in [7, 11) is 0. The molecule has 3 nitrogen and oxygen atoms in total. The highest BCUT2D eigenvalue weighted by Crippen LogP contribution is 2.05. The van der Waals surface area contributed by atoms with E-state index < -0.39 is 0 Å². The van der Waals surface area contributed by atoms with Crippen molar-refractivity contribution < 1.29 is 0 Å². The van der Waals surface area contributed by atoms with Gasteiger partial charge in [0.25, 0.3) is 0 Å². The molecule has 4 N–H and O–H groups in total. The van der Waals surface area contributed by atoms with Crippen LogP contribution in [0.1, 0.15) is 27.2 Å². The van der Waals surface area contributed by atoms with Crippen LogP contribution in [0.5, 0.6) is 0 Å². The van der Waals surface area contributed by atoms with Gasteiger partial charge in [-0.25, -0.2) is 4.99 Å². The zero-order valence-corrected chi connectivity index (χ0v) is 8.74. The smallest absolute Gasteiger partial charge is 0.0723 e. The Morgan fingerprint density at radius 1 is 1.50 bits per heavy atom. The highest BCUT2D eigenvalue weighted by Gasteiger charge is 2.11. The lowest BCUT2D eigenvalue weighted by Gasteiger charge is -2.16. The normalized spacial score (nSPS) is 9.67. The van der Waals surface area contributed by atoms with E-state index >= 15 is 0 Å². The number of aliphatic imine (C=N–C) groups is 1. The van der Waals surface area contributed by atoms with Crippen molar-refractivity contribution in [1.29, 1.82) is 0 Å². The van der Waals surface area contributed by atoms with Crippen molar-refractivity contribution in [2.75, 3.05) is 6.54 Å². The molecule has 0 heterocycles. The number of rotatable bonds is 3. The fourth-order valence-electron chi connectivity index (χ4n) is 0.711. The first-order valence-corrected chi connectivity index (χ1v) is 3.78. The molecule has 72 valence electrons. The first-order valence-electron chi connectivity index (χ1n) is 3.78. The Bertz CT molecular complexity index is 175. The van der Waals surface area contributed by atoms with Gasteiger partial charge in [0.15, 0.2) is 0 Å². The molecule has 0 saturated carbocycles. The van der Waals surface area contributed by atoms with E-state index in [9.17, 15) is 0 Å². The third-order valence-electron chi connectivity index (χ3n) is 1.03. The summed E-state index contributed by atoms with van der Waals surface area (Å²) in [4.78, 5) is 3.89. The molecule has 0 amide bonds. The molecule has 0 bridgehead atoms. The first-order chi connectivity index (χ1) is 4.95. The fraction of sp³-hybridized carbons (Fsp3) is 0.750. The van der Waals surface area contributed by atoms with Crippen LogP contribution in [0.25, 0.3) is 0 Å². The maximum absolute atomic E-state index is 5.73. The molecular weight excluding hydrogens is 174 g/mol. The highest BCUT2D eigenvalue weighted by molar-refractivity contribution is 5.85. The van der Waals surface area contributed by atoms with Gasteiger partial charge in [0.05, 0.1) is 5.70 Å². The Labute approximate surface area is 80.3 Å². The third kappa shape index (κ3) is 9.50. The van der Waals surface area contributed by atoms with Crippen molar-refractivity contribution in [1.82, 2.24) is 0 Å². The molecule has 0 aliphatic heterocycles. The average molecular weight is 192 g/mol. The van der Waals surface area contributed by atoms with Crippen molar-refractivity contribution >= 4 is 18.3 Å². The molecule has 0 atom stereocenters. The fourth-order valence-corrected chi connectivity index (χ4v) is 0.711. The van der Waals surface area contributed by atoms with E-state index in [-0.39, 0.29) is 17.9 Å². The minimum atomic E-state index is -0.264. The van der Waals surface area contributed by atoms with Gasteiger partial charge in [-0.15, -0.1) is 12.4 Å². The summed E-state index contributed by atoms with van der Waals surface area (Å²) in [6.07, 6.45) is 0.635. The Hall–Kier alpha value is -0.500. The van der Waals surface area contributed by atoms with E-state index in [0.29, 0.717) is 18.7 Å². The molecule has 0 radical (unpaired) electrons. The van der Waals surface area contributed by atoms with Crippen LogP contribution in [0.2, 0.25) is 0 Å². The average Bonchev–Trinajstić information content (AvgIpc) is 1.79. The molecule has 0 spiro atoms. The van der Waals surface area contributed by atoms with E-state index in [4.69, 9.17) is 11.5 Å². The van der Waals surface area contributed by atoms with Gasteiger partial charge in [0, 0.05) is 24.4 Å². The van der Waals surface area contributed by atoms with Crippen molar-refractivity contribution in [3.05, 3.63) is 5.70 Å². The van der Waals surface area contributed by atoms with Crippen LogP contribution >= 0.6 is 12.4 Å². The molecule has 0 saturated heterocycles. The zero-order valence-electron chi connectivity index (χ0n) is 7.92. The summed E-state index contributed by atoms with van der Waals surface area (Å²) < 4.78 is 0. The second-order valence-corrected chi connectivity index (χ2v) is 3.28. The summed E-state index contributed by atoms with van der Waals surface area (Å²) in [5.74, 6) is 2.73. The molecule has 12 heavy (non-hydrogen) atoms. The summed E-state index contributed by atoms with van der Waals surface area (Å²) in [5.41, 5.74) is 11.7. The quantitative estimate of drug-likeness (QED) is 0.656. The lowest BCUT2D eigenvalue weighted by atomic mass is 10.0. The standard InChI is InChI=1S/C8H17N3.ClH/c1-4-11-6-7(9)5-8(2,3)10;/h4-5,9-10H2,1-3H3;1H. The Balaban J connectivity index is 0. The number of hydrogen-bond donors (Lipinski definition) is 2. The maximum Gasteiger partial charge on any atom is 0.0723 e. The van der Waals surface area contributed by atoms with Gasteiger partial charge in [-0.05, 0) is 20.8 Å². The van der Waals surface area contributed by atoms with Crippen molar-refractivity contribution in [2.45, 2.75) is 32.7 Å². The molecular formula is C8H18ClN3. The number of nitrogens with zero attached hydrogens (tertiary/aromatic N) is 1. The van der Waals surface area contributed by atoms with Gasteiger partial charge in [-0.3, -0.25) is 0 Å². The number of nitrogens with two attached hydrogens (primary N) is 2. The van der Waals surface area contributed by atoms with Gasteiger partial charge >= 0.3 is 0 Å². The molecule has 0 aliphatic carbocycles. The summed E-state index contributed by atoms with van der Waals surface area (Å²) in [6, 6.07) is 0. The van der Waals surface area contributed by atoms with Crippen LogP contribution in [-0.4, -0.2) is 18.0 Å². The van der Waals surface area contributed by atoms with Crippen LogP contribution in [0.3, 0.4) is 0 Å². The van der Waals surface area contributed by atoms with Gasteiger partial charge in [0.2, 0.25) is 0 Å². The van der Waals surface area contributed by atoms with Crippen molar-refractivity contribution in [3.63, 3.8) is 0 Å². The van der Waals surface area contributed by atoms with E-state index in [2.05, 4.69) is 10.9 Å². The molecule has 0 fully saturated rings. The highest BCUT2D eigenvalue weighted by atomic mass is 35.5. The summed E-state index contributed by atoms with van der Waals surface area (Å²) >= 11 is 0. The largest absolute Gasteiger partial charge is 0.394 e. The molecule has 0 unspecified atom stereocenters. The molecule has 0 aromatic heterocycles. The van der Waals surface area contributed by atoms with Crippen LogP contribution in [-0.2, 0) is 0 Å². The third-order valence-corrected chi connectivity index (χ3v) is 1.03. The van der Waals surface area contributed by atoms with E-state index in [1.807, 2.05) is 20.8 Å². The van der Waals surface area contributed by atoms with Crippen molar-refractivity contribution in [2.24, 2.45) is 16.5 Å². The van der Waals surface area contributed by atoms with Crippen LogP contribution in [0.4, 0.5) is 0 Å². The first kappa shape index (κ1) is 14.0. The molecule has 0 aromatic carbocycles. The lowest BCUT2D eigenvalue weighted by molar-refractivity contribution is 0.514. The molecule has 0 aliphatic rings. The Kier molecular flexibility index (Phi) is 7.10. The van der Waals surface area contributed by atoms with Gasteiger partial charge in [0.1, 0.15) is 0 Å². The zero-order chi connectivity index (χ0) is 8.91. The Morgan fingerprint density at radius 2 is 2.00 bits per heavy atom. The van der Waals surface area contributed by atoms with Gasteiger partial charge < -0.3 is 11.5 Å². The monoisotopic (exact) mass is 191 g/mol. The van der Waals surface area contributed by atoms with Crippen LogP contribution < -0.4 is 11.5 Å². The second-order valence-electron chi connectivity index (χ2n) is 3.28. The number of hydrogen-bond acceptors (Lipinski definition) is 3. The topological polar surface area (TPSA) is 64.4 Å². The second kappa shape index (κ2) is 6.06. The predicted octanol–water partition coefficient (Wildman–Crippen LogP) is 1.07. The van der Waals surface area contributed by atoms with Crippen LogP contribution in [0.15, 0.2) is 10.7 Å².